The summed E-state index contributed by atoms with van der Waals surface area (Å²) in [5.74, 6) is 0.157. The molecule has 0 aromatic carbocycles. The van der Waals surface area contributed by atoms with Crippen molar-refractivity contribution in [2.75, 3.05) is 11.9 Å². The topological polar surface area (TPSA) is 155 Å². The summed E-state index contributed by atoms with van der Waals surface area (Å²) < 4.78 is 8.36. The number of imidazole rings is 1. The number of hydrogen-bond acceptors (Lipinski definition) is 9. The van der Waals surface area contributed by atoms with Crippen LogP contribution in [0, 0.1) is 0 Å². The SMILES string of the molecule is CCCCC[C@@H](O)[C@H]1C[C@@H](O)n2c(nc3c(ncn3[C@H]3C[C@H](O)[C@@H](CO)O3)c2=O)N1. The van der Waals surface area contributed by atoms with Crippen LogP contribution < -0.4 is 10.9 Å². The quantitative estimate of drug-likeness (QED) is 0.382. The second-order valence-corrected chi connectivity index (χ2v) is 8.08. The van der Waals surface area contributed by atoms with Crippen molar-refractivity contribution >= 4 is 17.1 Å². The zero-order valence-electron chi connectivity index (χ0n) is 16.9. The van der Waals surface area contributed by atoms with Gasteiger partial charge in [-0.25, -0.2) is 9.55 Å². The van der Waals surface area contributed by atoms with Gasteiger partial charge in [-0.15, -0.1) is 0 Å². The van der Waals surface area contributed by atoms with Gasteiger partial charge in [0.1, 0.15) is 18.6 Å². The summed E-state index contributed by atoms with van der Waals surface area (Å²) in [5, 5.41) is 43.5. The first-order valence-corrected chi connectivity index (χ1v) is 10.5. The number of fused-ring (bicyclic) bond motifs is 2. The van der Waals surface area contributed by atoms with Crippen LogP contribution in [0.5, 0.6) is 0 Å². The Kier molecular flexibility index (Phi) is 6.07. The van der Waals surface area contributed by atoms with Gasteiger partial charge in [-0.1, -0.05) is 26.2 Å². The Balaban J connectivity index is 1.65. The lowest BCUT2D eigenvalue weighted by molar-refractivity contribution is -0.0432. The van der Waals surface area contributed by atoms with Crippen LogP contribution in [0.1, 0.15) is 57.9 Å². The number of ether oxygens (including phenoxy) is 1. The van der Waals surface area contributed by atoms with Crippen LogP contribution >= 0.6 is 0 Å². The average Bonchev–Trinajstić information content (AvgIpc) is 3.30. The molecule has 0 aliphatic carbocycles. The Morgan fingerprint density at radius 3 is 2.83 bits per heavy atom. The number of aliphatic hydroxyl groups is 4. The maximum Gasteiger partial charge on any atom is 0.285 e. The molecule has 2 aromatic rings. The Morgan fingerprint density at radius 1 is 1.33 bits per heavy atom. The lowest BCUT2D eigenvalue weighted by Gasteiger charge is -2.33. The normalized spacial score (nSPS) is 29.7. The van der Waals surface area contributed by atoms with Gasteiger partial charge in [0, 0.05) is 12.8 Å². The third kappa shape index (κ3) is 3.71. The lowest BCUT2D eigenvalue weighted by Crippen LogP contribution is -2.44. The van der Waals surface area contributed by atoms with Crippen LogP contribution in [0.25, 0.3) is 11.2 Å². The molecule has 1 fully saturated rings. The van der Waals surface area contributed by atoms with Gasteiger partial charge in [-0.3, -0.25) is 9.36 Å². The molecule has 4 heterocycles. The maximum absolute atomic E-state index is 12.9. The van der Waals surface area contributed by atoms with Crippen molar-refractivity contribution in [3.63, 3.8) is 0 Å². The lowest BCUT2D eigenvalue weighted by atomic mass is 9.99. The Hall–Kier alpha value is -2.05. The summed E-state index contributed by atoms with van der Waals surface area (Å²) in [5.41, 5.74) is -0.167. The average molecular weight is 423 g/mol. The van der Waals surface area contributed by atoms with Crippen molar-refractivity contribution in [3.8, 4) is 0 Å². The van der Waals surface area contributed by atoms with Gasteiger partial charge in [0.2, 0.25) is 5.95 Å². The molecule has 0 amide bonds. The molecule has 0 radical (unpaired) electrons. The number of nitrogens with one attached hydrogen (secondary N) is 1. The molecule has 30 heavy (non-hydrogen) atoms. The van der Waals surface area contributed by atoms with Gasteiger partial charge in [-0.05, 0) is 6.42 Å². The third-order valence-corrected chi connectivity index (χ3v) is 5.97. The van der Waals surface area contributed by atoms with E-state index in [-0.39, 0.29) is 36.6 Å². The number of aromatic nitrogens is 4. The number of aliphatic hydroxyl groups excluding tert-OH is 4. The predicted octanol–water partition coefficient (Wildman–Crippen LogP) is -0.150. The smallest absolute Gasteiger partial charge is 0.285 e. The van der Waals surface area contributed by atoms with Gasteiger partial charge in [0.25, 0.3) is 5.56 Å². The van der Waals surface area contributed by atoms with E-state index in [4.69, 9.17) is 4.74 Å². The molecule has 1 saturated heterocycles. The fourth-order valence-electron chi connectivity index (χ4n) is 4.24. The minimum atomic E-state index is -1.12. The predicted molar refractivity (Wildman–Crippen MR) is 107 cm³/mol. The summed E-state index contributed by atoms with van der Waals surface area (Å²) in [7, 11) is 0. The van der Waals surface area contributed by atoms with Gasteiger partial charge >= 0.3 is 0 Å². The third-order valence-electron chi connectivity index (χ3n) is 5.97. The van der Waals surface area contributed by atoms with E-state index in [0.717, 1.165) is 23.8 Å². The first kappa shape index (κ1) is 21.2. The number of nitrogens with zero attached hydrogens (tertiary/aromatic N) is 4. The molecule has 2 aliphatic heterocycles. The van der Waals surface area contributed by atoms with Crippen LogP contribution in [-0.4, -0.2) is 70.5 Å². The Morgan fingerprint density at radius 2 is 2.13 bits per heavy atom. The number of unbranched alkanes of at least 4 members (excludes halogenated alkanes) is 2. The van der Waals surface area contributed by atoms with E-state index in [1.165, 1.54) is 6.33 Å². The highest BCUT2D eigenvalue weighted by atomic mass is 16.5. The first-order chi connectivity index (χ1) is 14.4. The Bertz CT molecular complexity index is 945. The molecule has 2 aromatic heterocycles. The van der Waals surface area contributed by atoms with Gasteiger partial charge in [0.05, 0.1) is 31.2 Å². The minimum Gasteiger partial charge on any atom is -0.394 e. The molecular formula is C19H29N5O6. The van der Waals surface area contributed by atoms with Crippen LogP contribution in [0.4, 0.5) is 5.95 Å². The highest BCUT2D eigenvalue weighted by Crippen LogP contribution is 2.32. The minimum absolute atomic E-state index is 0.0760. The van der Waals surface area contributed by atoms with E-state index < -0.39 is 42.4 Å². The van der Waals surface area contributed by atoms with E-state index in [1.54, 1.807) is 4.57 Å². The van der Waals surface area contributed by atoms with Crippen molar-refractivity contribution in [2.45, 2.75) is 82.3 Å². The fraction of sp³-hybridized carbons (Fsp3) is 0.737. The summed E-state index contributed by atoms with van der Waals surface area (Å²) in [4.78, 5) is 21.6. The van der Waals surface area contributed by atoms with Crippen LogP contribution in [0.2, 0.25) is 0 Å². The van der Waals surface area contributed by atoms with E-state index in [2.05, 4.69) is 22.2 Å². The summed E-state index contributed by atoms with van der Waals surface area (Å²) in [6.45, 7) is 1.77. The second kappa shape index (κ2) is 8.60. The highest BCUT2D eigenvalue weighted by Gasteiger charge is 2.37. The van der Waals surface area contributed by atoms with Crippen molar-refractivity contribution in [1.82, 2.24) is 19.1 Å². The molecule has 5 N–H and O–H groups in total. The molecule has 0 unspecified atom stereocenters. The summed E-state index contributed by atoms with van der Waals surface area (Å²) in [6.07, 6.45) is 1.40. The van der Waals surface area contributed by atoms with E-state index >= 15 is 0 Å². The van der Waals surface area contributed by atoms with Crippen LogP contribution in [-0.2, 0) is 4.74 Å². The molecular weight excluding hydrogens is 394 g/mol. The van der Waals surface area contributed by atoms with E-state index in [9.17, 15) is 25.2 Å². The molecule has 2 aliphatic rings. The van der Waals surface area contributed by atoms with Gasteiger partial charge < -0.3 is 30.5 Å². The van der Waals surface area contributed by atoms with E-state index in [1.807, 2.05) is 0 Å². The molecule has 11 heteroatoms. The molecule has 0 bridgehead atoms. The number of hydrogen-bond donors (Lipinski definition) is 5. The molecule has 4 rings (SSSR count). The van der Waals surface area contributed by atoms with E-state index in [0.29, 0.717) is 6.42 Å². The van der Waals surface area contributed by atoms with Gasteiger partial charge in [0.15, 0.2) is 11.2 Å². The summed E-state index contributed by atoms with van der Waals surface area (Å²) in [6, 6.07) is -0.430. The first-order valence-electron chi connectivity index (χ1n) is 10.5. The molecule has 166 valence electrons. The number of rotatable bonds is 7. The molecule has 11 nitrogen and oxygen atoms in total. The van der Waals surface area contributed by atoms with Crippen molar-refractivity contribution < 1.29 is 25.2 Å². The zero-order valence-corrected chi connectivity index (χ0v) is 16.9. The highest BCUT2D eigenvalue weighted by molar-refractivity contribution is 5.71. The van der Waals surface area contributed by atoms with Crippen molar-refractivity contribution in [2.24, 2.45) is 0 Å². The van der Waals surface area contributed by atoms with Crippen LogP contribution in [0.15, 0.2) is 11.1 Å². The standard InChI is InChI=1S/C19H29N5O6/c1-2-3-4-5-11(26)10-6-14(28)24-18(29)16-17(22-19(24)21-10)23(9-20-16)15-7-12(27)13(8-25)30-15/h9-15,25-28H,2-8H2,1H3,(H,21,22)/t10-,11-,12+,13-,14-,15-/m1/s1. The zero-order chi connectivity index (χ0) is 21.4. The van der Waals surface area contributed by atoms with Crippen LogP contribution in [0.3, 0.4) is 0 Å². The fourth-order valence-corrected chi connectivity index (χ4v) is 4.24. The Labute approximate surface area is 173 Å². The number of anilines is 1. The monoisotopic (exact) mass is 423 g/mol. The molecule has 0 spiro atoms. The summed E-state index contributed by atoms with van der Waals surface area (Å²) >= 11 is 0. The van der Waals surface area contributed by atoms with Crippen molar-refractivity contribution in [1.29, 1.82) is 0 Å². The second-order valence-electron chi connectivity index (χ2n) is 8.08. The molecule has 6 atom stereocenters. The van der Waals surface area contributed by atoms with Crippen molar-refractivity contribution in [3.05, 3.63) is 16.7 Å². The molecule has 0 saturated carbocycles. The maximum atomic E-state index is 12.9. The largest absolute Gasteiger partial charge is 0.394 e. The van der Waals surface area contributed by atoms with Gasteiger partial charge in [-0.2, -0.15) is 4.98 Å².